The van der Waals surface area contributed by atoms with Gasteiger partial charge in [0.05, 0.1) is 12.2 Å². The number of amides is 1. The lowest BCUT2D eigenvalue weighted by Gasteiger charge is -2.09. The number of carbonyl (C=O) groups is 1. The number of nitrogens with zero attached hydrogens (tertiary/aromatic N) is 5. The van der Waals surface area contributed by atoms with Gasteiger partial charge < -0.3 is 9.88 Å². The van der Waals surface area contributed by atoms with E-state index in [-0.39, 0.29) is 5.91 Å². The van der Waals surface area contributed by atoms with E-state index in [0.717, 1.165) is 35.9 Å². The third kappa shape index (κ3) is 3.63. The van der Waals surface area contributed by atoms with Gasteiger partial charge in [-0.3, -0.25) is 9.48 Å². The maximum absolute atomic E-state index is 11.1. The van der Waals surface area contributed by atoms with Gasteiger partial charge in [0.25, 0.3) is 0 Å². The molecule has 118 valence electrons. The first-order valence-corrected chi connectivity index (χ1v) is 7.38. The van der Waals surface area contributed by atoms with Crippen molar-refractivity contribution < 1.29 is 4.79 Å². The molecule has 2 aromatic heterocycles. The highest BCUT2D eigenvalue weighted by molar-refractivity contribution is 5.88. The molecule has 1 amide bonds. The molecule has 0 aliphatic rings. The Morgan fingerprint density at radius 2 is 2.00 bits per heavy atom. The van der Waals surface area contributed by atoms with Crippen LogP contribution in [0.5, 0.6) is 0 Å². The van der Waals surface area contributed by atoms with E-state index in [9.17, 15) is 4.79 Å². The summed E-state index contributed by atoms with van der Waals surface area (Å²) in [6.45, 7) is 4.90. The van der Waals surface area contributed by atoms with E-state index in [1.807, 2.05) is 48.3 Å². The van der Waals surface area contributed by atoms with Crippen LogP contribution in [-0.4, -0.2) is 30.5 Å². The Morgan fingerprint density at radius 3 is 2.65 bits per heavy atom. The highest BCUT2D eigenvalue weighted by atomic mass is 16.1. The quantitative estimate of drug-likeness (QED) is 0.783. The first-order valence-electron chi connectivity index (χ1n) is 7.38. The predicted octanol–water partition coefficient (Wildman–Crippen LogP) is 2.11. The van der Waals surface area contributed by atoms with Gasteiger partial charge in [0.15, 0.2) is 0 Å². The van der Waals surface area contributed by atoms with Crippen molar-refractivity contribution in [3.05, 3.63) is 48.5 Å². The fourth-order valence-electron chi connectivity index (χ4n) is 2.37. The number of carbonyl (C=O) groups excluding carboxylic acids is 1. The zero-order chi connectivity index (χ0) is 16.2. The Balaban J connectivity index is 1.73. The van der Waals surface area contributed by atoms with E-state index in [1.54, 1.807) is 6.20 Å². The minimum Gasteiger partial charge on any atom is -0.329 e. The summed E-state index contributed by atoms with van der Waals surface area (Å²) in [6, 6.07) is 7.64. The van der Waals surface area contributed by atoms with E-state index in [2.05, 4.69) is 25.2 Å². The van der Waals surface area contributed by atoms with Crippen LogP contribution in [0.3, 0.4) is 0 Å². The summed E-state index contributed by atoms with van der Waals surface area (Å²) in [5, 5.41) is 10.8. The van der Waals surface area contributed by atoms with Crippen LogP contribution in [0.2, 0.25) is 0 Å². The van der Waals surface area contributed by atoms with E-state index in [1.165, 1.54) is 6.92 Å². The van der Waals surface area contributed by atoms with E-state index in [4.69, 9.17) is 0 Å². The number of aryl methyl sites for hydroxylation is 3. The average molecular weight is 310 g/mol. The minimum absolute atomic E-state index is 0.0811. The minimum atomic E-state index is -0.0811. The zero-order valence-corrected chi connectivity index (χ0v) is 13.1. The maximum Gasteiger partial charge on any atom is 0.221 e. The van der Waals surface area contributed by atoms with Crippen LogP contribution in [0.1, 0.15) is 12.6 Å². The number of hydrogen-bond acceptors (Lipinski definition) is 4. The molecule has 0 unspecified atom stereocenters. The summed E-state index contributed by atoms with van der Waals surface area (Å²) in [5.74, 6) is 0.804. The van der Waals surface area contributed by atoms with Crippen molar-refractivity contribution in [3.8, 4) is 11.4 Å². The summed E-state index contributed by atoms with van der Waals surface area (Å²) >= 11 is 0. The fraction of sp³-hybridized carbons (Fsp3) is 0.250. The molecule has 1 N–H and O–H groups in total. The van der Waals surface area contributed by atoms with Gasteiger partial charge in [0.1, 0.15) is 5.82 Å². The molecule has 0 aliphatic carbocycles. The molecular weight excluding hydrogens is 292 g/mol. The van der Waals surface area contributed by atoms with Crippen LogP contribution in [0, 0.1) is 6.92 Å². The number of benzene rings is 1. The molecule has 3 aromatic rings. The monoisotopic (exact) mass is 310 g/mol. The van der Waals surface area contributed by atoms with Gasteiger partial charge in [0.2, 0.25) is 5.91 Å². The van der Waals surface area contributed by atoms with Gasteiger partial charge in [-0.2, -0.15) is 0 Å². The molecule has 7 nitrogen and oxygen atoms in total. The van der Waals surface area contributed by atoms with Gasteiger partial charge in [-0.1, -0.05) is 5.21 Å². The lowest BCUT2D eigenvalue weighted by Crippen LogP contribution is -2.09. The summed E-state index contributed by atoms with van der Waals surface area (Å²) in [5.41, 5.74) is 2.68. The van der Waals surface area contributed by atoms with E-state index in [0.29, 0.717) is 0 Å². The molecule has 7 heteroatoms. The second-order valence-electron chi connectivity index (χ2n) is 5.33. The first kappa shape index (κ1) is 15.0. The molecule has 3 rings (SSSR count). The Labute approximate surface area is 134 Å². The molecule has 0 radical (unpaired) electrons. The molecule has 0 saturated heterocycles. The lowest BCUT2D eigenvalue weighted by molar-refractivity contribution is -0.114. The fourth-order valence-corrected chi connectivity index (χ4v) is 2.37. The van der Waals surface area contributed by atoms with Crippen LogP contribution < -0.4 is 5.32 Å². The number of nitrogens with one attached hydrogen (secondary N) is 1. The maximum atomic E-state index is 11.1. The molecule has 1 aromatic carbocycles. The zero-order valence-electron chi connectivity index (χ0n) is 13.1. The van der Waals surface area contributed by atoms with Gasteiger partial charge in [-0.15, -0.1) is 5.10 Å². The van der Waals surface area contributed by atoms with Crippen molar-refractivity contribution in [2.45, 2.75) is 26.9 Å². The molecule has 2 heterocycles. The van der Waals surface area contributed by atoms with Crippen molar-refractivity contribution in [2.75, 3.05) is 5.32 Å². The predicted molar refractivity (Wildman–Crippen MR) is 86.7 cm³/mol. The van der Waals surface area contributed by atoms with Crippen molar-refractivity contribution in [3.63, 3.8) is 0 Å². The summed E-state index contributed by atoms with van der Waals surface area (Å²) in [4.78, 5) is 15.5. The smallest absolute Gasteiger partial charge is 0.221 e. The molecule has 0 aliphatic heterocycles. The second-order valence-corrected chi connectivity index (χ2v) is 5.33. The largest absolute Gasteiger partial charge is 0.329 e. The molecule has 0 atom stereocenters. The Kier molecular flexibility index (Phi) is 4.18. The second kappa shape index (κ2) is 6.43. The first-order chi connectivity index (χ1) is 11.1. The van der Waals surface area contributed by atoms with Crippen molar-refractivity contribution >= 4 is 11.6 Å². The number of imidazole rings is 1. The van der Waals surface area contributed by atoms with Gasteiger partial charge >= 0.3 is 0 Å². The molecular formula is C16H18N6O. The van der Waals surface area contributed by atoms with Crippen molar-refractivity contribution in [1.82, 2.24) is 24.5 Å². The van der Waals surface area contributed by atoms with Gasteiger partial charge in [0, 0.05) is 43.3 Å². The summed E-state index contributed by atoms with van der Waals surface area (Å²) < 4.78 is 3.89. The van der Waals surface area contributed by atoms with Crippen LogP contribution in [-0.2, 0) is 17.9 Å². The highest BCUT2D eigenvalue weighted by Gasteiger charge is 2.07. The van der Waals surface area contributed by atoms with Gasteiger partial charge in [-0.25, -0.2) is 4.98 Å². The molecule has 0 fully saturated rings. The Bertz CT molecular complexity index is 802. The topological polar surface area (TPSA) is 77.6 Å². The van der Waals surface area contributed by atoms with E-state index >= 15 is 0 Å². The van der Waals surface area contributed by atoms with E-state index < -0.39 is 0 Å². The SMILES string of the molecule is CC(=O)Nc1ccc(-c2nccn2CCn2cc(C)nn2)cc1. The van der Waals surface area contributed by atoms with Crippen LogP contribution in [0.15, 0.2) is 42.9 Å². The third-order valence-corrected chi connectivity index (χ3v) is 3.40. The van der Waals surface area contributed by atoms with Crippen LogP contribution in [0.25, 0.3) is 11.4 Å². The van der Waals surface area contributed by atoms with Crippen molar-refractivity contribution in [2.24, 2.45) is 0 Å². The highest BCUT2D eigenvalue weighted by Crippen LogP contribution is 2.20. The van der Waals surface area contributed by atoms with Crippen LogP contribution >= 0.6 is 0 Å². The lowest BCUT2D eigenvalue weighted by atomic mass is 10.2. The van der Waals surface area contributed by atoms with Crippen LogP contribution in [0.4, 0.5) is 5.69 Å². The molecule has 0 saturated carbocycles. The Morgan fingerprint density at radius 1 is 1.22 bits per heavy atom. The summed E-state index contributed by atoms with van der Waals surface area (Å²) in [6.07, 6.45) is 5.64. The standard InChI is InChI=1S/C16H18N6O/c1-12-11-22(20-19-12)10-9-21-8-7-17-16(21)14-3-5-15(6-4-14)18-13(2)23/h3-8,11H,9-10H2,1-2H3,(H,18,23). The number of aromatic nitrogens is 5. The molecule has 0 spiro atoms. The third-order valence-electron chi connectivity index (χ3n) is 3.40. The number of hydrogen-bond donors (Lipinski definition) is 1. The Hall–Kier alpha value is -2.96. The molecule has 0 bridgehead atoms. The normalized spacial score (nSPS) is 10.7. The van der Waals surface area contributed by atoms with Crippen molar-refractivity contribution in [1.29, 1.82) is 0 Å². The average Bonchev–Trinajstić information content (AvgIpc) is 3.14. The van der Waals surface area contributed by atoms with Gasteiger partial charge in [-0.05, 0) is 31.2 Å². The number of anilines is 1. The summed E-state index contributed by atoms with van der Waals surface area (Å²) in [7, 11) is 0. The number of rotatable bonds is 5. The molecule has 23 heavy (non-hydrogen) atoms.